The van der Waals surface area contributed by atoms with E-state index in [0.717, 1.165) is 11.1 Å². The number of ether oxygens (including phenoxy) is 2. The van der Waals surface area contributed by atoms with Gasteiger partial charge in [0.1, 0.15) is 5.56 Å². The van der Waals surface area contributed by atoms with Crippen molar-refractivity contribution in [2.75, 3.05) is 18.7 Å². The number of anilines is 1. The molecule has 0 saturated heterocycles. The van der Waals surface area contributed by atoms with E-state index in [1.165, 1.54) is 25.5 Å². The molecular weight excluding hydrogens is 502 g/mol. The van der Waals surface area contributed by atoms with E-state index < -0.39 is 15.6 Å². The van der Waals surface area contributed by atoms with Crippen LogP contribution < -0.4 is 14.8 Å². The minimum absolute atomic E-state index is 0.0604. The number of aryl methyl sites for hydroxylation is 1. The van der Waals surface area contributed by atoms with Crippen LogP contribution in [0.2, 0.25) is 0 Å². The summed E-state index contributed by atoms with van der Waals surface area (Å²) in [5, 5.41) is 20.6. The van der Waals surface area contributed by atoms with Crippen molar-refractivity contribution in [3.05, 3.63) is 89.0 Å². The number of carbonyl (C=O) groups is 1. The van der Waals surface area contributed by atoms with E-state index in [2.05, 4.69) is 15.5 Å². The minimum atomic E-state index is -2.98. The number of amides is 1. The van der Waals surface area contributed by atoms with Crippen LogP contribution in [-0.4, -0.2) is 33.7 Å². The van der Waals surface area contributed by atoms with E-state index in [9.17, 15) is 14.3 Å². The first-order valence-electron chi connectivity index (χ1n) is 11.5. The van der Waals surface area contributed by atoms with Crippen molar-refractivity contribution >= 4 is 21.3 Å². The molecule has 1 amide bonds. The van der Waals surface area contributed by atoms with Crippen LogP contribution in [0.25, 0.3) is 11.3 Å². The van der Waals surface area contributed by atoms with Gasteiger partial charge in [-0.2, -0.15) is 5.26 Å². The van der Waals surface area contributed by atoms with Gasteiger partial charge in [-0.05, 0) is 49.7 Å². The third-order valence-corrected chi connectivity index (χ3v) is 6.93. The first-order valence-corrected chi connectivity index (χ1v) is 13.4. The first kappa shape index (κ1) is 26.3. The molecule has 1 unspecified atom stereocenters. The average Bonchev–Trinajstić information content (AvgIpc) is 2.89. The fourth-order valence-electron chi connectivity index (χ4n) is 3.76. The van der Waals surface area contributed by atoms with Crippen LogP contribution in [0.5, 0.6) is 17.4 Å². The molecule has 1 aromatic heterocycles. The number of carbonyl (C=O) groups excluding carboxylic acids is 1. The van der Waals surface area contributed by atoms with Crippen molar-refractivity contribution in [1.29, 1.82) is 10.0 Å². The Morgan fingerprint density at radius 2 is 1.76 bits per heavy atom. The van der Waals surface area contributed by atoms with Crippen LogP contribution in [0, 0.1) is 30.0 Å². The normalized spacial score (nSPS) is 12.2. The SMILES string of the molecule is COc1cc(C#N)ccc1Oc1nnc(-c2ccc(C)cc2)c(C)c1C(=O)Nc1cccc(S(C)(=N)=O)c1. The number of aromatic nitrogens is 2. The van der Waals surface area contributed by atoms with Gasteiger partial charge in [-0.1, -0.05) is 35.9 Å². The number of rotatable bonds is 7. The zero-order valence-corrected chi connectivity index (χ0v) is 22.1. The fourth-order valence-corrected chi connectivity index (χ4v) is 4.45. The van der Waals surface area contributed by atoms with Crippen LogP contribution >= 0.6 is 0 Å². The standard InChI is InChI=1S/C28H25N5O4S/c1-17-8-11-20(12-9-17)26-18(2)25(27(34)31-21-6-5-7-22(15-21)38(4,30)35)28(33-32-26)37-23-13-10-19(16-29)14-24(23)36-3/h5-15,30H,1-4H3,(H,31,34). The third kappa shape index (κ3) is 5.63. The Balaban J connectivity index is 1.81. The molecule has 0 aliphatic heterocycles. The highest BCUT2D eigenvalue weighted by Gasteiger charge is 2.24. The Hall–Kier alpha value is -4.75. The largest absolute Gasteiger partial charge is 0.493 e. The van der Waals surface area contributed by atoms with Crippen molar-refractivity contribution in [3.63, 3.8) is 0 Å². The van der Waals surface area contributed by atoms with E-state index in [1.54, 1.807) is 37.3 Å². The van der Waals surface area contributed by atoms with Crippen LogP contribution in [0.3, 0.4) is 0 Å². The molecule has 1 atom stereocenters. The second-order valence-corrected chi connectivity index (χ2v) is 10.8. The molecule has 2 N–H and O–H groups in total. The van der Waals surface area contributed by atoms with Crippen molar-refractivity contribution in [1.82, 2.24) is 10.2 Å². The average molecular weight is 528 g/mol. The number of hydrogen-bond donors (Lipinski definition) is 2. The second-order valence-electron chi connectivity index (χ2n) is 8.62. The lowest BCUT2D eigenvalue weighted by Gasteiger charge is -2.16. The Morgan fingerprint density at radius 3 is 2.42 bits per heavy atom. The molecule has 0 spiro atoms. The molecule has 0 aliphatic carbocycles. The van der Waals surface area contributed by atoms with Gasteiger partial charge in [0, 0.05) is 28.5 Å². The van der Waals surface area contributed by atoms with Crippen molar-refractivity contribution in [2.24, 2.45) is 0 Å². The summed E-state index contributed by atoms with van der Waals surface area (Å²) in [6.45, 7) is 3.73. The summed E-state index contributed by atoms with van der Waals surface area (Å²) in [6.07, 6.45) is 1.32. The molecule has 0 fully saturated rings. The number of nitrogens with one attached hydrogen (secondary N) is 2. The topological polar surface area (TPSA) is 138 Å². The monoisotopic (exact) mass is 527 g/mol. The molecule has 38 heavy (non-hydrogen) atoms. The van der Waals surface area contributed by atoms with Gasteiger partial charge in [-0.25, -0.2) is 8.99 Å². The van der Waals surface area contributed by atoms with Crippen LogP contribution in [-0.2, 0) is 9.73 Å². The molecule has 0 bridgehead atoms. The second kappa shape index (κ2) is 10.7. The Labute approximate surface area is 221 Å². The van der Waals surface area contributed by atoms with Gasteiger partial charge in [0.05, 0.1) is 34.2 Å². The molecule has 3 aromatic carbocycles. The maximum atomic E-state index is 13.6. The van der Waals surface area contributed by atoms with Gasteiger partial charge in [-0.15, -0.1) is 10.2 Å². The zero-order valence-electron chi connectivity index (χ0n) is 21.2. The summed E-state index contributed by atoms with van der Waals surface area (Å²) in [5.41, 5.74) is 3.77. The molecule has 0 aliphatic rings. The summed E-state index contributed by atoms with van der Waals surface area (Å²) in [5.74, 6) is -0.0505. The summed E-state index contributed by atoms with van der Waals surface area (Å²) in [7, 11) is -1.53. The highest BCUT2D eigenvalue weighted by atomic mass is 32.2. The highest BCUT2D eigenvalue weighted by Crippen LogP contribution is 2.35. The zero-order chi connectivity index (χ0) is 27.4. The van der Waals surface area contributed by atoms with E-state index in [0.29, 0.717) is 33.2 Å². The number of nitriles is 1. The highest BCUT2D eigenvalue weighted by molar-refractivity contribution is 7.91. The predicted octanol–water partition coefficient (Wildman–Crippen LogP) is 5.72. The van der Waals surface area contributed by atoms with Gasteiger partial charge in [0.25, 0.3) is 11.8 Å². The smallest absolute Gasteiger partial charge is 0.261 e. The van der Waals surface area contributed by atoms with Crippen LogP contribution in [0.15, 0.2) is 71.6 Å². The Kier molecular flexibility index (Phi) is 7.41. The van der Waals surface area contributed by atoms with Crippen LogP contribution in [0.4, 0.5) is 5.69 Å². The van der Waals surface area contributed by atoms with E-state index >= 15 is 0 Å². The molecular formula is C28H25N5O4S. The minimum Gasteiger partial charge on any atom is -0.493 e. The lowest BCUT2D eigenvalue weighted by molar-refractivity contribution is 0.102. The number of benzene rings is 3. The van der Waals surface area contributed by atoms with Gasteiger partial charge in [0.15, 0.2) is 11.5 Å². The summed E-state index contributed by atoms with van der Waals surface area (Å²) in [4.78, 5) is 13.9. The molecule has 1 heterocycles. The first-order chi connectivity index (χ1) is 18.1. The van der Waals surface area contributed by atoms with E-state index in [-0.39, 0.29) is 17.2 Å². The molecule has 10 heteroatoms. The molecule has 0 saturated carbocycles. The fraction of sp³-hybridized carbons (Fsp3) is 0.143. The molecule has 0 radical (unpaired) electrons. The van der Waals surface area contributed by atoms with Crippen molar-refractivity contribution < 1.29 is 18.5 Å². The van der Waals surface area contributed by atoms with Gasteiger partial charge >= 0.3 is 0 Å². The maximum absolute atomic E-state index is 13.6. The number of hydrogen-bond acceptors (Lipinski definition) is 8. The van der Waals surface area contributed by atoms with E-state index in [4.69, 9.17) is 14.3 Å². The molecule has 4 aromatic rings. The van der Waals surface area contributed by atoms with Gasteiger partial charge in [0.2, 0.25) is 0 Å². The van der Waals surface area contributed by atoms with Gasteiger partial charge < -0.3 is 14.8 Å². The lowest BCUT2D eigenvalue weighted by atomic mass is 10.0. The van der Waals surface area contributed by atoms with Crippen LogP contribution in [0.1, 0.15) is 27.0 Å². The van der Waals surface area contributed by atoms with Crippen molar-refractivity contribution in [2.45, 2.75) is 18.7 Å². The summed E-state index contributed by atoms with van der Waals surface area (Å²) in [6, 6.07) is 20.7. The third-order valence-electron chi connectivity index (χ3n) is 5.78. The van der Waals surface area contributed by atoms with Crippen molar-refractivity contribution in [3.8, 4) is 34.7 Å². The van der Waals surface area contributed by atoms with Gasteiger partial charge in [-0.3, -0.25) is 4.79 Å². The Bertz CT molecular complexity index is 1680. The molecule has 9 nitrogen and oxygen atoms in total. The lowest BCUT2D eigenvalue weighted by Crippen LogP contribution is -2.17. The summed E-state index contributed by atoms with van der Waals surface area (Å²) >= 11 is 0. The molecule has 4 rings (SSSR count). The quantitative estimate of drug-likeness (QED) is 0.313. The Morgan fingerprint density at radius 1 is 1.03 bits per heavy atom. The number of nitrogens with zero attached hydrogens (tertiary/aromatic N) is 3. The predicted molar refractivity (Wildman–Crippen MR) is 144 cm³/mol. The maximum Gasteiger partial charge on any atom is 0.261 e. The number of methoxy groups -OCH3 is 1. The van der Waals surface area contributed by atoms with E-state index in [1.807, 2.05) is 37.3 Å². The molecule has 192 valence electrons. The summed E-state index contributed by atoms with van der Waals surface area (Å²) < 4.78 is 31.5.